The summed E-state index contributed by atoms with van der Waals surface area (Å²) in [5, 5.41) is 2.32. The van der Waals surface area contributed by atoms with Crippen LogP contribution in [0.4, 0.5) is 0 Å². The number of benzene rings is 1. The normalized spacial score (nSPS) is 13.9. The molecule has 0 amide bonds. The van der Waals surface area contributed by atoms with Crippen molar-refractivity contribution in [3.8, 4) is 22.6 Å². The first-order valence-electron chi connectivity index (χ1n) is 9.58. The van der Waals surface area contributed by atoms with Gasteiger partial charge < -0.3 is 19.0 Å². The van der Waals surface area contributed by atoms with Crippen molar-refractivity contribution in [3.05, 3.63) is 50.5 Å². The van der Waals surface area contributed by atoms with Crippen molar-refractivity contribution in [1.82, 2.24) is 14.5 Å². The van der Waals surface area contributed by atoms with Gasteiger partial charge in [0.05, 0.1) is 35.3 Å². The quantitative estimate of drug-likeness (QED) is 0.451. The van der Waals surface area contributed by atoms with E-state index in [2.05, 4.69) is 9.97 Å². The molecule has 1 fully saturated rings. The SMILES string of the molecule is COc1cc(OC)c(Cl)c(-c2cc3cnc4[nH]c(C)cc4c3n(C3CC3)c2=O)c1Cl. The average molecular weight is 444 g/mol. The second kappa shape index (κ2) is 6.93. The molecular weight excluding hydrogens is 425 g/mol. The Morgan fingerprint density at radius 1 is 1.10 bits per heavy atom. The largest absolute Gasteiger partial charge is 0.495 e. The number of hydrogen-bond acceptors (Lipinski definition) is 4. The predicted octanol–water partition coefficient (Wildman–Crippen LogP) is 5.51. The van der Waals surface area contributed by atoms with Gasteiger partial charge in [-0.15, -0.1) is 0 Å². The van der Waals surface area contributed by atoms with Crippen molar-refractivity contribution < 1.29 is 9.47 Å². The molecule has 0 spiro atoms. The van der Waals surface area contributed by atoms with Crippen LogP contribution in [0.1, 0.15) is 24.6 Å². The number of aryl methyl sites for hydroxylation is 1. The van der Waals surface area contributed by atoms with Gasteiger partial charge in [-0.05, 0) is 31.9 Å². The number of H-pyrrole nitrogens is 1. The van der Waals surface area contributed by atoms with Crippen LogP contribution in [0, 0.1) is 6.92 Å². The molecule has 0 radical (unpaired) electrons. The fourth-order valence-corrected chi connectivity index (χ4v) is 4.72. The van der Waals surface area contributed by atoms with Crippen LogP contribution in [0.2, 0.25) is 10.0 Å². The topological polar surface area (TPSA) is 69.1 Å². The average Bonchev–Trinajstić information content (AvgIpc) is 3.48. The van der Waals surface area contributed by atoms with Gasteiger partial charge in [0, 0.05) is 40.3 Å². The summed E-state index contributed by atoms with van der Waals surface area (Å²) in [7, 11) is 3.02. The molecule has 0 bridgehead atoms. The van der Waals surface area contributed by atoms with E-state index in [0.717, 1.165) is 40.5 Å². The number of nitrogens with one attached hydrogen (secondary N) is 1. The zero-order chi connectivity index (χ0) is 21.2. The number of methoxy groups -OCH3 is 2. The van der Waals surface area contributed by atoms with Crippen LogP contribution in [0.25, 0.3) is 33.1 Å². The van der Waals surface area contributed by atoms with E-state index in [4.69, 9.17) is 32.7 Å². The van der Waals surface area contributed by atoms with Gasteiger partial charge in [-0.1, -0.05) is 23.2 Å². The number of halogens is 2. The zero-order valence-electron chi connectivity index (χ0n) is 16.7. The van der Waals surface area contributed by atoms with E-state index in [-0.39, 0.29) is 21.6 Å². The summed E-state index contributed by atoms with van der Waals surface area (Å²) in [6, 6.07) is 5.59. The van der Waals surface area contributed by atoms with Gasteiger partial charge in [-0.2, -0.15) is 0 Å². The number of ether oxygens (including phenoxy) is 2. The van der Waals surface area contributed by atoms with E-state index in [9.17, 15) is 4.79 Å². The molecule has 30 heavy (non-hydrogen) atoms. The van der Waals surface area contributed by atoms with Gasteiger partial charge in [0.1, 0.15) is 17.1 Å². The molecule has 1 aliphatic rings. The minimum absolute atomic E-state index is 0.143. The van der Waals surface area contributed by atoms with Crippen molar-refractivity contribution in [3.63, 3.8) is 0 Å². The lowest BCUT2D eigenvalue weighted by molar-refractivity contribution is 0.395. The van der Waals surface area contributed by atoms with Gasteiger partial charge in [0.2, 0.25) is 0 Å². The van der Waals surface area contributed by atoms with Gasteiger partial charge in [-0.3, -0.25) is 4.79 Å². The highest BCUT2D eigenvalue weighted by Gasteiger charge is 2.30. The highest BCUT2D eigenvalue weighted by Crippen LogP contribution is 2.46. The standard InChI is InChI=1S/C22H19Cl2N3O3/c1-10-6-14-20-11(9-25-21(14)26-10)7-13(22(28)27(20)12-4-5-12)17-18(23)15(29-2)8-16(30-3)19(17)24/h6-9,12H,4-5H2,1-3H3,(H,25,26). The molecule has 1 saturated carbocycles. The zero-order valence-corrected chi connectivity index (χ0v) is 18.2. The maximum atomic E-state index is 13.8. The van der Waals surface area contributed by atoms with Crippen LogP contribution in [-0.4, -0.2) is 28.8 Å². The fraction of sp³-hybridized carbons (Fsp3) is 0.273. The third kappa shape index (κ3) is 2.78. The number of nitrogens with zero attached hydrogens (tertiary/aromatic N) is 2. The Bertz CT molecular complexity index is 1360. The van der Waals surface area contributed by atoms with Crippen LogP contribution in [-0.2, 0) is 0 Å². The van der Waals surface area contributed by atoms with Crippen LogP contribution < -0.4 is 15.0 Å². The molecule has 6 nitrogen and oxygen atoms in total. The number of pyridine rings is 2. The maximum absolute atomic E-state index is 13.8. The van der Waals surface area contributed by atoms with E-state index in [1.807, 2.05) is 17.6 Å². The minimum Gasteiger partial charge on any atom is -0.495 e. The molecule has 3 heterocycles. The minimum atomic E-state index is -0.143. The molecule has 1 aromatic carbocycles. The Morgan fingerprint density at radius 2 is 1.77 bits per heavy atom. The van der Waals surface area contributed by atoms with Crippen LogP contribution in [0.5, 0.6) is 11.5 Å². The van der Waals surface area contributed by atoms with E-state index >= 15 is 0 Å². The van der Waals surface area contributed by atoms with Crippen molar-refractivity contribution in [2.45, 2.75) is 25.8 Å². The second-order valence-electron chi connectivity index (χ2n) is 7.53. The van der Waals surface area contributed by atoms with Gasteiger partial charge in [-0.25, -0.2) is 4.98 Å². The van der Waals surface area contributed by atoms with Crippen LogP contribution in [0.3, 0.4) is 0 Å². The summed E-state index contributed by atoms with van der Waals surface area (Å²) in [5.74, 6) is 0.778. The smallest absolute Gasteiger partial charge is 0.259 e. The number of hydrogen-bond donors (Lipinski definition) is 1. The van der Waals surface area contributed by atoms with E-state index in [1.165, 1.54) is 14.2 Å². The van der Waals surface area contributed by atoms with E-state index < -0.39 is 0 Å². The van der Waals surface area contributed by atoms with Crippen molar-refractivity contribution in [2.75, 3.05) is 14.2 Å². The number of aromatic nitrogens is 3. The molecule has 0 saturated heterocycles. The molecule has 1 N–H and O–H groups in total. The molecule has 154 valence electrons. The summed E-state index contributed by atoms with van der Waals surface area (Å²) in [6.45, 7) is 1.98. The summed E-state index contributed by atoms with van der Waals surface area (Å²) in [4.78, 5) is 21.5. The van der Waals surface area contributed by atoms with Gasteiger partial charge in [0.25, 0.3) is 5.56 Å². The maximum Gasteiger partial charge on any atom is 0.259 e. The summed E-state index contributed by atoms with van der Waals surface area (Å²) >= 11 is 13.2. The lowest BCUT2D eigenvalue weighted by Gasteiger charge is -2.17. The molecule has 0 atom stereocenters. The van der Waals surface area contributed by atoms with Crippen molar-refractivity contribution in [2.24, 2.45) is 0 Å². The monoisotopic (exact) mass is 443 g/mol. The molecule has 1 aliphatic carbocycles. The molecule has 4 aromatic rings. The Hall–Kier alpha value is -2.70. The first-order valence-corrected chi connectivity index (χ1v) is 10.3. The Labute approximate surface area is 182 Å². The van der Waals surface area contributed by atoms with Crippen molar-refractivity contribution >= 4 is 45.1 Å². The molecule has 0 aliphatic heterocycles. The third-order valence-electron chi connectivity index (χ3n) is 5.54. The van der Waals surface area contributed by atoms with E-state index in [1.54, 1.807) is 18.3 Å². The third-order valence-corrected chi connectivity index (χ3v) is 6.29. The van der Waals surface area contributed by atoms with Gasteiger partial charge >= 0.3 is 0 Å². The summed E-state index contributed by atoms with van der Waals surface area (Å²) in [6.07, 6.45) is 3.68. The lowest BCUT2D eigenvalue weighted by atomic mass is 10.0. The first kappa shape index (κ1) is 19.3. The highest BCUT2D eigenvalue weighted by molar-refractivity contribution is 6.41. The molecule has 0 unspecified atom stereocenters. The summed E-state index contributed by atoms with van der Waals surface area (Å²) in [5.41, 5.74) is 3.29. The first-order chi connectivity index (χ1) is 14.4. The number of aromatic amines is 1. The number of rotatable bonds is 4. The molecule has 8 heteroatoms. The highest BCUT2D eigenvalue weighted by atomic mass is 35.5. The second-order valence-corrected chi connectivity index (χ2v) is 8.28. The Morgan fingerprint density at radius 3 is 2.37 bits per heavy atom. The number of fused-ring (bicyclic) bond motifs is 3. The lowest BCUT2D eigenvalue weighted by Crippen LogP contribution is -2.22. The summed E-state index contributed by atoms with van der Waals surface area (Å²) < 4.78 is 12.6. The Kier molecular flexibility index (Phi) is 4.45. The van der Waals surface area contributed by atoms with Gasteiger partial charge in [0.15, 0.2) is 0 Å². The molecular formula is C22H19Cl2N3O3. The Balaban J connectivity index is 1.92. The molecule has 3 aromatic heterocycles. The fourth-order valence-electron chi connectivity index (χ4n) is 4.01. The van der Waals surface area contributed by atoms with Crippen LogP contribution >= 0.6 is 23.2 Å². The predicted molar refractivity (Wildman–Crippen MR) is 119 cm³/mol. The van der Waals surface area contributed by atoms with Crippen molar-refractivity contribution in [1.29, 1.82) is 0 Å². The van der Waals surface area contributed by atoms with E-state index in [0.29, 0.717) is 22.6 Å². The molecule has 5 rings (SSSR count). The van der Waals surface area contributed by atoms with Crippen LogP contribution in [0.15, 0.2) is 29.2 Å².